The first-order valence-electron chi connectivity index (χ1n) is 21.5. The van der Waals surface area contributed by atoms with Gasteiger partial charge >= 0.3 is 0 Å². The number of hydrogen-bond acceptors (Lipinski definition) is 0. The minimum atomic E-state index is 0. The summed E-state index contributed by atoms with van der Waals surface area (Å²) in [6.07, 6.45) is 4.52. The summed E-state index contributed by atoms with van der Waals surface area (Å²) in [6.45, 7) is 19.8. The molecular formula is C61H74Br4O. The third-order valence-corrected chi connectivity index (χ3v) is 15.0. The molecule has 3 aliphatic rings. The Morgan fingerprint density at radius 2 is 0.864 bits per heavy atom. The van der Waals surface area contributed by atoms with Gasteiger partial charge in [0.1, 0.15) is 0 Å². The maximum Gasteiger partial charge on any atom is 0.0175 e. The average molecular weight is 1140 g/mol. The van der Waals surface area contributed by atoms with Gasteiger partial charge in [-0.1, -0.05) is 238 Å². The summed E-state index contributed by atoms with van der Waals surface area (Å²) >= 11 is 14.3. The monoisotopic (exact) mass is 1140 g/mol. The van der Waals surface area contributed by atoms with Crippen LogP contribution in [0.5, 0.6) is 0 Å². The first-order chi connectivity index (χ1) is 29.1. The van der Waals surface area contributed by atoms with E-state index in [4.69, 9.17) is 0 Å². The van der Waals surface area contributed by atoms with Gasteiger partial charge in [-0.05, 0) is 170 Å². The predicted octanol–water partition coefficient (Wildman–Crippen LogP) is 21.4. The zero-order chi connectivity index (χ0) is 43.6. The molecule has 0 radical (unpaired) electrons. The molecule has 1 nitrogen and oxygen atoms in total. The topological polar surface area (TPSA) is 31.5 Å². The Hall–Kier alpha value is -3.58. The number of halogens is 4. The van der Waals surface area contributed by atoms with E-state index in [-0.39, 0.29) is 35.2 Å². The van der Waals surface area contributed by atoms with E-state index < -0.39 is 0 Å². The lowest BCUT2D eigenvalue weighted by Gasteiger charge is -2.55. The molecular weight excluding hydrogens is 1070 g/mol. The van der Waals surface area contributed by atoms with E-state index in [1.807, 2.05) is 6.08 Å². The molecule has 0 aromatic heterocycles. The standard InChI is InChI=1S/C29H30Br2.C23H16Br2.C5H10.4CH4.H2O/c1-17(2)24-15-26-28-23(19-7-11-21(31)12-8-19)14-13-22(18-5-9-20(30)10-6-18)27(28)25(24)16-29(26,3)4;1-15-2-11-22-20(16-3-7-18(24)8-4-16)12-13-21(23(22)14-15)17-5-9-19(25)10-6-17;1-4-5(2)3;;;;;/h5-14,17,24-26H,15-16H2,1-4H3;2-14H,1H3;4-5H,1H2,2-3H3;4*1H4;1H2. The van der Waals surface area contributed by atoms with Crippen LogP contribution in [0.15, 0.2) is 170 Å². The largest absolute Gasteiger partial charge is 0.412 e. The molecule has 0 saturated heterocycles. The molecule has 3 unspecified atom stereocenters. The van der Waals surface area contributed by atoms with Gasteiger partial charge in [-0.2, -0.15) is 0 Å². The second kappa shape index (κ2) is 25.2. The zero-order valence-electron chi connectivity index (χ0n) is 36.9. The number of aryl methyl sites for hydroxylation is 1. The molecule has 0 amide bonds. The van der Waals surface area contributed by atoms with Gasteiger partial charge in [-0.3, -0.25) is 0 Å². The van der Waals surface area contributed by atoms with Crippen LogP contribution in [0.2, 0.25) is 0 Å². The van der Waals surface area contributed by atoms with Gasteiger partial charge in [-0.25, -0.2) is 0 Å². The first-order valence-corrected chi connectivity index (χ1v) is 24.7. The van der Waals surface area contributed by atoms with E-state index in [1.54, 1.807) is 11.1 Å². The normalized spacial score (nSPS) is 16.0. The summed E-state index contributed by atoms with van der Waals surface area (Å²) in [4.78, 5) is 0. The molecule has 0 heterocycles. The molecule has 0 aliphatic heterocycles. The van der Waals surface area contributed by atoms with Crippen molar-refractivity contribution in [3.05, 3.63) is 187 Å². The lowest BCUT2D eigenvalue weighted by atomic mass is 9.49. The van der Waals surface area contributed by atoms with E-state index in [0.717, 1.165) is 23.8 Å². The predicted molar refractivity (Wildman–Crippen MR) is 310 cm³/mol. The van der Waals surface area contributed by atoms with E-state index in [2.05, 4.69) is 258 Å². The third kappa shape index (κ3) is 12.9. The molecule has 66 heavy (non-hydrogen) atoms. The van der Waals surface area contributed by atoms with Gasteiger partial charge in [0, 0.05) is 17.9 Å². The molecule has 1 saturated carbocycles. The highest BCUT2D eigenvalue weighted by Gasteiger charge is 2.51. The first kappa shape index (κ1) is 58.5. The molecule has 2 N–H and O–H groups in total. The minimum absolute atomic E-state index is 0. The highest BCUT2D eigenvalue weighted by Crippen LogP contribution is 2.65. The zero-order valence-corrected chi connectivity index (χ0v) is 43.2. The molecule has 0 spiro atoms. The fourth-order valence-corrected chi connectivity index (χ4v) is 10.6. The number of fused-ring (bicyclic) bond motifs is 3. The van der Waals surface area contributed by atoms with Crippen LogP contribution in [0.1, 0.15) is 113 Å². The van der Waals surface area contributed by atoms with Crippen LogP contribution in [0.4, 0.5) is 0 Å². The van der Waals surface area contributed by atoms with Crippen molar-refractivity contribution in [3.8, 4) is 44.5 Å². The highest BCUT2D eigenvalue weighted by molar-refractivity contribution is 9.11. The Bertz CT molecular complexity index is 2620. The summed E-state index contributed by atoms with van der Waals surface area (Å²) in [5.74, 6) is 3.36. The summed E-state index contributed by atoms with van der Waals surface area (Å²) in [5.41, 5.74) is 15.5. The Balaban J connectivity index is 0.000000390. The minimum Gasteiger partial charge on any atom is -0.412 e. The van der Waals surface area contributed by atoms with Gasteiger partial charge in [-0.15, -0.1) is 6.58 Å². The molecule has 7 aromatic carbocycles. The van der Waals surface area contributed by atoms with E-state index in [0.29, 0.717) is 29.1 Å². The molecule has 352 valence electrons. The summed E-state index contributed by atoms with van der Waals surface area (Å²) in [5, 5.41) is 2.58. The summed E-state index contributed by atoms with van der Waals surface area (Å²) < 4.78 is 4.48. The molecule has 2 bridgehead atoms. The van der Waals surface area contributed by atoms with Crippen LogP contribution in [0.25, 0.3) is 55.3 Å². The van der Waals surface area contributed by atoms with Crippen LogP contribution in [-0.2, 0) is 0 Å². The number of benzene rings is 7. The van der Waals surface area contributed by atoms with Crippen LogP contribution >= 0.6 is 63.7 Å². The van der Waals surface area contributed by atoms with Crippen LogP contribution in [0.3, 0.4) is 0 Å². The van der Waals surface area contributed by atoms with Crippen LogP contribution < -0.4 is 0 Å². The van der Waals surface area contributed by atoms with Gasteiger partial charge in [0.05, 0.1) is 0 Å². The van der Waals surface area contributed by atoms with E-state index in [9.17, 15) is 0 Å². The smallest absolute Gasteiger partial charge is 0.0175 e. The molecule has 3 atom stereocenters. The lowest BCUT2D eigenvalue weighted by molar-refractivity contribution is 0.0819. The third-order valence-electron chi connectivity index (χ3n) is 12.8. The van der Waals surface area contributed by atoms with Crippen LogP contribution in [-0.4, -0.2) is 5.48 Å². The molecule has 1 fully saturated rings. The van der Waals surface area contributed by atoms with Crippen molar-refractivity contribution in [1.29, 1.82) is 0 Å². The average Bonchev–Trinajstić information content (AvgIpc) is 3.24. The molecule has 10 rings (SSSR count). The Morgan fingerprint density at radius 3 is 1.24 bits per heavy atom. The maximum atomic E-state index is 3.61. The quantitative estimate of drug-likeness (QED) is 0.149. The van der Waals surface area contributed by atoms with Crippen molar-refractivity contribution >= 4 is 74.5 Å². The maximum absolute atomic E-state index is 3.61. The number of hydrogen-bond donors (Lipinski definition) is 0. The molecule has 5 heteroatoms. The Kier molecular flexibility index (Phi) is 22.3. The summed E-state index contributed by atoms with van der Waals surface area (Å²) in [7, 11) is 0. The van der Waals surface area contributed by atoms with Gasteiger partial charge in [0.15, 0.2) is 0 Å². The van der Waals surface area contributed by atoms with Crippen molar-refractivity contribution in [2.75, 3.05) is 0 Å². The van der Waals surface area contributed by atoms with Gasteiger partial charge in [0.2, 0.25) is 0 Å². The fourth-order valence-electron chi connectivity index (χ4n) is 9.58. The molecule has 3 aliphatic carbocycles. The number of rotatable bonds is 6. The van der Waals surface area contributed by atoms with Crippen molar-refractivity contribution in [1.82, 2.24) is 0 Å². The lowest BCUT2D eigenvalue weighted by Crippen LogP contribution is -2.43. The van der Waals surface area contributed by atoms with Crippen molar-refractivity contribution in [2.24, 2.45) is 23.2 Å². The van der Waals surface area contributed by atoms with Crippen molar-refractivity contribution in [2.45, 2.75) is 103 Å². The van der Waals surface area contributed by atoms with Gasteiger partial charge in [0.25, 0.3) is 0 Å². The fraction of sp³-hybridized carbons (Fsp3) is 0.311. The Labute approximate surface area is 433 Å². The Morgan fingerprint density at radius 1 is 0.515 bits per heavy atom. The highest BCUT2D eigenvalue weighted by atomic mass is 79.9. The van der Waals surface area contributed by atoms with Crippen LogP contribution in [0, 0.1) is 30.1 Å². The second-order valence-electron chi connectivity index (χ2n) is 18.2. The van der Waals surface area contributed by atoms with Crippen molar-refractivity contribution in [3.63, 3.8) is 0 Å². The van der Waals surface area contributed by atoms with Gasteiger partial charge < -0.3 is 5.48 Å². The SMILES string of the molecule is C.C.C.C.C=CC(C)C.CC(C)C1CC2c3c(-c4ccc(Br)cc4)ccc(-c4ccc(Br)cc4)c3C1CC2(C)C.Cc1ccc2c(-c3ccc(Br)cc3)ccc(-c3ccc(Br)cc3)c2c1.O. The van der Waals surface area contributed by atoms with E-state index >= 15 is 0 Å². The second-order valence-corrected chi connectivity index (χ2v) is 21.9. The van der Waals surface area contributed by atoms with E-state index in [1.165, 1.54) is 73.7 Å². The number of allylic oxidation sites excluding steroid dienone is 1. The molecule has 7 aromatic rings. The summed E-state index contributed by atoms with van der Waals surface area (Å²) in [6, 6.07) is 50.8. The van der Waals surface area contributed by atoms with Crippen molar-refractivity contribution < 1.29 is 5.48 Å².